The molecule has 2 saturated heterocycles. The van der Waals surface area contributed by atoms with Crippen molar-refractivity contribution in [2.75, 3.05) is 19.6 Å². The summed E-state index contributed by atoms with van der Waals surface area (Å²) >= 11 is 0. The molecule has 5 heteroatoms. The number of rotatable bonds is 2. The Kier molecular flexibility index (Phi) is 5.24. The van der Waals surface area contributed by atoms with Gasteiger partial charge in [-0.05, 0) is 66.5 Å². The molecule has 34 heavy (non-hydrogen) atoms. The molecule has 2 aromatic carbocycles. The second kappa shape index (κ2) is 7.91. The smallest absolute Gasteiger partial charge is 0.255 e. The third kappa shape index (κ3) is 3.15. The number of nitrogens with zero attached hydrogens (tertiary/aromatic N) is 2. The first-order chi connectivity index (χ1) is 16.2. The highest BCUT2D eigenvalue weighted by atomic mass is 16.3. The maximum Gasteiger partial charge on any atom is 0.255 e. The van der Waals surface area contributed by atoms with E-state index in [2.05, 4.69) is 32.8 Å². The van der Waals surface area contributed by atoms with Gasteiger partial charge in [-0.25, -0.2) is 0 Å². The molecule has 5 nitrogen and oxygen atoms in total. The van der Waals surface area contributed by atoms with Gasteiger partial charge in [0.05, 0.1) is 5.56 Å². The molecule has 0 spiro atoms. The first kappa shape index (κ1) is 22.5. The van der Waals surface area contributed by atoms with Crippen LogP contribution in [0, 0.1) is 17.8 Å². The van der Waals surface area contributed by atoms with Crippen molar-refractivity contribution in [3.8, 4) is 18.1 Å². The predicted molar refractivity (Wildman–Crippen MR) is 132 cm³/mol. The predicted octanol–water partition coefficient (Wildman–Crippen LogP) is 4.36. The molecule has 0 radical (unpaired) electrons. The van der Waals surface area contributed by atoms with Crippen molar-refractivity contribution in [2.24, 2.45) is 5.41 Å². The number of benzene rings is 2. The molecule has 2 aromatic rings. The average Bonchev–Trinajstić information content (AvgIpc) is 3.36. The van der Waals surface area contributed by atoms with E-state index in [4.69, 9.17) is 6.42 Å². The third-order valence-electron chi connectivity index (χ3n) is 8.93. The first-order valence-corrected chi connectivity index (χ1v) is 12.2. The molecule has 2 heterocycles. The SMILES string of the molecule is C#Cc1cc(C(=O)N2CC[C@@]3(C)c4cccc(O)c4CC2C3(C)C)ccc1C(=O)N1CCCC1. The van der Waals surface area contributed by atoms with Gasteiger partial charge in [0.25, 0.3) is 11.8 Å². The summed E-state index contributed by atoms with van der Waals surface area (Å²) in [6.07, 6.45) is 9.22. The number of terminal acetylenes is 1. The Morgan fingerprint density at radius 3 is 2.50 bits per heavy atom. The summed E-state index contributed by atoms with van der Waals surface area (Å²) in [4.78, 5) is 30.5. The van der Waals surface area contributed by atoms with E-state index in [1.54, 1.807) is 24.3 Å². The Hall–Kier alpha value is -3.26. The molecule has 2 fully saturated rings. The van der Waals surface area contributed by atoms with Gasteiger partial charge in [-0.3, -0.25) is 9.59 Å². The fourth-order valence-corrected chi connectivity index (χ4v) is 6.41. The first-order valence-electron chi connectivity index (χ1n) is 12.2. The number of hydrogen-bond donors (Lipinski definition) is 1. The van der Waals surface area contributed by atoms with Crippen molar-refractivity contribution in [3.05, 3.63) is 64.2 Å². The van der Waals surface area contributed by atoms with E-state index in [9.17, 15) is 14.7 Å². The molecule has 1 aliphatic carbocycles. The summed E-state index contributed by atoms with van der Waals surface area (Å²) in [6, 6.07) is 10.9. The lowest BCUT2D eigenvalue weighted by Crippen LogP contribution is -2.64. The van der Waals surface area contributed by atoms with Crippen LogP contribution in [0.1, 0.15) is 77.4 Å². The number of carbonyl (C=O) groups excluding carboxylic acids is 2. The van der Waals surface area contributed by atoms with E-state index in [1.165, 1.54) is 5.56 Å². The minimum Gasteiger partial charge on any atom is -0.508 e. The van der Waals surface area contributed by atoms with Gasteiger partial charge in [-0.2, -0.15) is 0 Å². The molecule has 3 aliphatic rings. The van der Waals surface area contributed by atoms with Gasteiger partial charge in [0.2, 0.25) is 0 Å². The molecule has 2 aliphatic heterocycles. The molecule has 1 unspecified atom stereocenters. The minimum atomic E-state index is -0.178. The van der Waals surface area contributed by atoms with Crippen LogP contribution < -0.4 is 0 Å². The average molecular weight is 457 g/mol. The number of aromatic hydroxyl groups is 1. The lowest BCUT2D eigenvalue weighted by atomic mass is 9.51. The fourth-order valence-electron chi connectivity index (χ4n) is 6.41. The van der Waals surface area contributed by atoms with Gasteiger partial charge in [0, 0.05) is 42.2 Å². The number of fused-ring (bicyclic) bond motifs is 4. The number of likely N-dealkylation sites (tertiary alicyclic amines) is 2. The van der Waals surface area contributed by atoms with Crippen LogP contribution in [-0.2, 0) is 11.8 Å². The Labute approximate surface area is 201 Å². The topological polar surface area (TPSA) is 60.9 Å². The highest BCUT2D eigenvalue weighted by molar-refractivity contribution is 6.00. The molecule has 2 atom stereocenters. The zero-order valence-corrected chi connectivity index (χ0v) is 20.2. The number of carbonyl (C=O) groups is 2. The van der Waals surface area contributed by atoms with Gasteiger partial charge in [0.15, 0.2) is 0 Å². The number of phenols is 1. The summed E-state index contributed by atoms with van der Waals surface area (Å²) in [5.41, 5.74) is 3.29. The van der Waals surface area contributed by atoms with E-state index < -0.39 is 0 Å². The molecular weight excluding hydrogens is 424 g/mol. The maximum atomic E-state index is 13.8. The van der Waals surface area contributed by atoms with Crippen molar-refractivity contribution in [1.29, 1.82) is 0 Å². The summed E-state index contributed by atoms with van der Waals surface area (Å²) in [6.45, 7) is 8.86. The lowest BCUT2D eigenvalue weighted by Gasteiger charge is -2.60. The normalized spacial score (nSPS) is 24.9. The van der Waals surface area contributed by atoms with Crippen LogP contribution in [0.5, 0.6) is 5.75 Å². The quantitative estimate of drug-likeness (QED) is 0.683. The maximum absolute atomic E-state index is 13.8. The number of piperidine rings is 1. The summed E-state index contributed by atoms with van der Waals surface area (Å²) in [5, 5.41) is 10.6. The molecule has 5 rings (SSSR count). The Morgan fingerprint density at radius 1 is 1.06 bits per heavy atom. The second-order valence-corrected chi connectivity index (χ2v) is 10.7. The van der Waals surface area contributed by atoms with E-state index in [0.717, 1.165) is 37.9 Å². The van der Waals surface area contributed by atoms with E-state index in [-0.39, 0.29) is 28.7 Å². The molecular formula is C29H32N2O3. The highest BCUT2D eigenvalue weighted by Crippen LogP contribution is 2.57. The second-order valence-electron chi connectivity index (χ2n) is 10.7. The van der Waals surface area contributed by atoms with Crippen LogP contribution in [0.2, 0.25) is 0 Å². The highest BCUT2D eigenvalue weighted by Gasteiger charge is 2.57. The summed E-state index contributed by atoms with van der Waals surface area (Å²) in [7, 11) is 0. The van der Waals surface area contributed by atoms with E-state index in [1.807, 2.05) is 15.9 Å². The van der Waals surface area contributed by atoms with Crippen molar-refractivity contribution >= 4 is 11.8 Å². The molecule has 0 saturated carbocycles. The molecule has 176 valence electrons. The van der Waals surface area contributed by atoms with Crippen molar-refractivity contribution in [2.45, 2.75) is 57.9 Å². The zero-order valence-electron chi connectivity index (χ0n) is 20.2. The zero-order chi connectivity index (χ0) is 24.3. The van der Waals surface area contributed by atoms with Crippen LogP contribution in [-0.4, -0.2) is 52.4 Å². The van der Waals surface area contributed by atoms with Gasteiger partial charge >= 0.3 is 0 Å². The third-order valence-corrected chi connectivity index (χ3v) is 8.93. The van der Waals surface area contributed by atoms with Crippen molar-refractivity contribution in [1.82, 2.24) is 9.80 Å². The molecule has 0 aromatic heterocycles. The Morgan fingerprint density at radius 2 is 1.79 bits per heavy atom. The van der Waals surface area contributed by atoms with Crippen LogP contribution in [0.15, 0.2) is 36.4 Å². The lowest BCUT2D eigenvalue weighted by molar-refractivity contribution is -0.0266. The van der Waals surface area contributed by atoms with Crippen LogP contribution in [0.3, 0.4) is 0 Å². The fraction of sp³-hybridized carbons (Fsp3) is 0.448. The Balaban J connectivity index is 1.49. The number of amides is 2. The van der Waals surface area contributed by atoms with Gasteiger partial charge in [0.1, 0.15) is 5.75 Å². The summed E-state index contributed by atoms with van der Waals surface area (Å²) < 4.78 is 0. The van der Waals surface area contributed by atoms with E-state index >= 15 is 0 Å². The molecule has 2 bridgehead atoms. The monoisotopic (exact) mass is 456 g/mol. The van der Waals surface area contributed by atoms with Crippen molar-refractivity contribution in [3.63, 3.8) is 0 Å². The van der Waals surface area contributed by atoms with Gasteiger partial charge < -0.3 is 14.9 Å². The molecule has 2 amide bonds. The van der Waals surface area contributed by atoms with Crippen LogP contribution >= 0.6 is 0 Å². The van der Waals surface area contributed by atoms with Crippen LogP contribution in [0.25, 0.3) is 0 Å². The van der Waals surface area contributed by atoms with Crippen molar-refractivity contribution < 1.29 is 14.7 Å². The molecule has 1 N–H and O–H groups in total. The summed E-state index contributed by atoms with van der Waals surface area (Å²) in [5.74, 6) is 2.81. The number of phenolic OH excluding ortho intramolecular Hbond substituents is 1. The standard InChI is InChI=1S/C29H32N2O3/c1-5-19-17-20(11-12-21(19)27(34)30-14-6-7-15-30)26(33)31-16-13-29(4)23-9-8-10-24(32)22(23)18-25(31)28(29,2)3/h1,8-12,17,25,32H,6-7,13-16,18H2,2-4H3/t25?,29-/m0/s1. The van der Waals surface area contributed by atoms with Gasteiger partial charge in [-0.1, -0.05) is 38.8 Å². The van der Waals surface area contributed by atoms with E-state index in [0.29, 0.717) is 35.4 Å². The van der Waals surface area contributed by atoms with Gasteiger partial charge in [-0.15, -0.1) is 6.42 Å². The largest absolute Gasteiger partial charge is 0.508 e. The van der Waals surface area contributed by atoms with Crippen LogP contribution in [0.4, 0.5) is 0 Å². The minimum absolute atomic E-state index is 0.0558. The Bertz CT molecular complexity index is 1220. The number of hydrogen-bond acceptors (Lipinski definition) is 3.